The minimum Gasteiger partial charge on any atom is -0.511 e. The van der Waals surface area contributed by atoms with Gasteiger partial charge >= 0.3 is 5.97 Å². The van der Waals surface area contributed by atoms with Gasteiger partial charge in [0.25, 0.3) is 0 Å². The number of hydrogen-bond donors (Lipinski definition) is 1. The molecule has 1 unspecified atom stereocenters. The van der Waals surface area contributed by atoms with Crippen molar-refractivity contribution in [1.29, 1.82) is 0 Å². The minimum absolute atomic E-state index is 0.0996. The highest BCUT2D eigenvalue weighted by Crippen LogP contribution is 2.24. The van der Waals surface area contributed by atoms with Crippen LogP contribution in [0.4, 0.5) is 0 Å². The number of ether oxygens (including phenoxy) is 1. The van der Waals surface area contributed by atoms with Crippen LogP contribution in [0.2, 0.25) is 0 Å². The van der Waals surface area contributed by atoms with Crippen LogP contribution in [0.5, 0.6) is 0 Å². The molecule has 0 saturated carbocycles. The van der Waals surface area contributed by atoms with Gasteiger partial charge in [-0.25, -0.2) is 4.79 Å². The molecule has 0 aromatic rings. The lowest BCUT2D eigenvalue weighted by molar-refractivity contribution is -0.151. The molecule has 1 atom stereocenters. The Bertz CT molecular complexity index is 405. The number of cyclic esters (lactones) is 1. The van der Waals surface area contributed by atoms with Crippen LogP contribution in [-0.2, 0) is 14.3 Å². The number of carbonyl (C=O) groups excluding carboxylic acids is 2. The van der Waals surface area contributed by atoms with Crippen molar-refractivity contribution in [3.8, 4) is 0 Å². The van der Waals surface area contributed by atoms with Gasteiger partial charge in [-0.15, -0.1) is 0 Å². The third-order valence-corrected chi connectivity index (χ3v) is 4.61. The fourth-order valence-corrected chi connectivity index (χ4v) is 3.09. The summed E-state index contributed by atoms with van der Waals surface area (Å²) in [5, 5.41) is 9.92. The van der Waals surface area contributed by atoms with Crippen molar-refractivity contribution in [2.75, 3.05) is 0 Å². The van der Waals surface area contributed by atoms with Gasteiger partial charge in [-0.1, -0.05) is 65.2 Å². The van der Waals surface area contributed by atoms with Gasteiger partial charge in [-0.3, -0.25) is 4.79 Å². The van der Waals surface area contributed by atoms with E-state index >= 15 is 0 Å². The van der Waals surface area contributed by atoms with E-state index in [1.165, 1.54) is 38.5 Å². The molecule has 1 fully saturated rings. The van der Waals surface area contributed by atoms with Gasteiger partial charge in [0.05, 0.1) is 0 Å². The Balaban J connectivity index is 2.27. The lowest BCUT2D eigenvalue weighted by atomic mass is 9.96. The zero-order chi connectivity index (χ0) is 17.8. The van der Waals surface area contributed by atoms with E-state index < -0.39 is 5.97 Å². The predicted octanol–water partition coefficient (Wildman–Crippen LogP) is 5.40. The molecule has 0 spiro atoms. The Morgan fingerprint density at radius 2 is 1.54 bits per heavy atom. The number of carbonyl (C=O) groups is 2. The monoisotopic (exact) mass is 338 g/mol. The SMILES string of the molecule is CCCCCCCCCCC1CC(=O)C(=C(O)CCCC)C(=O)O1. The predicted molar refractivity (Wildman–Crippen MR) is 95.9 cm³/mol. The quantitative estimate of drug-likeness (QED) is 0.170. The van der Waals surface area contributed by atoms with Crippen LogP contribution in [0.3, 0.4) is 0 Å². The van der Waals surface area contributed by atoms with Crippen molar-refractivity contribution < 1.29 is 19.4 Å². The Hall–Kier alpha value is -1.32. The molecular formula is C20H34O4. The number of esters is 1. The van der Waals surface area contributed by atoms with Crippen LogP contribution < -0.4 is 0 Å². The summed E-state index contributed by atoms with van der Waals surface area (Å²) in [6.45, 7) is 4.22. The van der Waals surface area contributed by atoms with Crippen LogP contribution in [0.15, 0.2) is 11.3 Å². The van der Waals surface area contributed by atoms with Crippen LogP contribution >= 0.6 is 0 Å². The summed E-state index contributed by atoms with van der Waals surface area (Å²) < 4.78 is 5.35. The molecule has 1 saturated heterocycles. The molecule has 138 valence electrons. The van der Waals surface area contributed by atoms with E-state index in [9.17, 15) is 14.7 Å². The van der Waals surface area contributed by atoms with Crippen molar-refractivity contribution in [1.82, 2.24) is 0 Å². The second kappa shape index (κ2) is 12.1. The molecule has 24 heavy (non-hydrogen) atoms. The zero-order valence-corrected chi connectivity index (χ0v) is 15.4. The number of Topliss-reactive ketones (excluding diaryl/α,β-unsaturated/α-hetero) is 1. The Morgan fingerprint density at radius 3 is 2.12 bits per heavy atom. The minimum atomic E-state index is -0.635. The maximum atomic E-state index is 12.1. The fourth-order valence-electron chi connectivity index (χ4n) is 3.09. The summed E-state index contributed by atoms with van der Waals surface area (Å²) in [6, 6.07) is 0. The molecule has 1 rings (SSSR count). The highest BCUT2D eigenvalue weighted by atomic mass is 16.5. The van der Waals surface area contributed by atoms with Crippen LogP contribution in [0.1, 0.15) is 97.3 Å². The first-order valence-electron chi connectivity index (χ1n) is 9.76. The second-order valence-electron chi connectivity index (χ2n) is 6.84. The van der Waals surface area contributed by atoms with E-state index in [4.69, 9.17) is 4.74 Å². The molecule has 0 aliphatic carbocycles. The largest absolute Gasteiger partial charge is 0.511 e. The van der Waals surface area contributed by atoms with Gasteiger partial charge in [-0.2, -0.15) is 0 Å². The van der Waals surface area contributed by atoms with Gasteiger partial charge < -0.3 is 9.84 Å². The standard InChI is InChI=1S/C20H34O4/c1-3-5-7-8-9-10-11-12-13-16-15-18(22)19(20(23)24-16)17(21)14-6-4-2/h16,21H,3-15H2,1-2H3. The third-order valence-electron chi connectivity index (χ3n) is 4.61. The first-order chi connectivity index (χ1) is 11.6. The van der Waals surface area contributed by atoms with Gasteiger partial charge in [-0.05, 0) is 19.3 Å². The summed E-state index contributed by atoms with van der Waals surface area (Å²) in [4.78, 5) is 24.1. The molecule has 0 radical (unpaired) electrons. The number of hydrogen-bond acceptors (Lipinski definition) is 4. The maximum absolute atomic E-state index is 12.1. The average molecular weight is 338 g/mol. The van der Waals surface area contributed by atoms with E-state index in [0.29, 0.717) is 6.42 Å². The van der Waals surface area contributed by atoms with Crippen LogP contribution in [-0.4, -0.2) is 23.0 Å². The molecule has 0 bridgehead atoms. The molecule has 1 aliphatic heterocycles. The van der Waals surface area contributed by atoms with Gasteiger partial charge in [0.1, 0.15) is 17.4 Å². The van der Waals surface area contributed by atoms with Gasteiger partial charge in [0, 0.05) is 12.8 Å². The van der Waals surface area contributed by atoms with Crippen molar-refractivity contribution in [3.05, 3.63) is 11.3 Å². The van der Waals surface area contributed by atoms with Crippen LogP contribution in [0.25, 0.3) is 0 Å². The normalized spacial score (nSPS) is 20.2. The van der Waals surface area contributed by atoms with E-state index in [2.05, 4.69) is 6.92 Å². The number of unbranched alkanes of at least 4 members (excludes halogenated alkanes) is 8. The van der Waals surface area contributed by atoms with Crippen molar-refractivity contribution in [2.24, 2.45) is 0 Å². The van der Waals surface area contributed by atoms with Gasteiger partial charge in [0.15, 0.2) is 5.78 Å². The van der Waals surface area contributed by atoms with Crippen molar-refractivity contribution in [2.45, 2.75) is 103 Å². The molecule has 4 nitrogen and oxygen atoms in total. The van der Waals surface area contributed by atoms with Crippen LogP contribution in [0, 0.1) is 0 Å². The molecule has 0 aromatic carbocycles. The first-order valence-corrected chi connectivity index (χ1v) is 9.76. The van der Waals surface area contributed by atoms with E-state index in [1.807, 2.05) is 6.92 Å². The number of aliphatic hydroxyl groups is 1. The summed E-state index contributed by atoms with van der Waals surface area (Å²) in [6.07, 6.45) is 12.5. The molecule has 1 N–H and O–H groups in total. The van der Waals surface area contributed by atoms with Gasteiger partial charge in [0.2, 0.25) is 0 Å². The Morgan fingerprint density at radius 1 is 0.958 bits per heavy atom. The highest BCUT2D eigenvalue weighted by molar-refractivity contribution is 6.19. The smallest absolute Gasteiger partial charge is 0.345 e. The highest BCUT2D eigenvalue weighted by Gasteiger charge is 2.34. The number of allylic oxidation sites excluding steroid dienone is 1. The van der Waals surface area contributed by atoms with Crippen molar-refractivity contribution in [3.63, 3.8) is 0 Å². The van der Waals surface area contributed by atoms with E-state index in [0.717, 1.165) is 32.1 Å². The molecule has 4 heteroatoms. The molecular weight excluding hydrogens is 304 g/mol. The number of aliphatic hydroxyl groups excluding tert-OH is 1. The molecule has 0 aromatic heterocycles. The summed E-state index contributed by atoms with van der Waals surface area (Å²) >= 11 is 0. The average Bonchev–Trinajstić information content (AvgIpc) is 2.54. The maximum Gasteiger partial charge on any atom is 0.345 e. The lowest BCUT2D eigenvalue weighted by Crippen LogP contribution is -2.33. The van der Waals surface area contributed by atoms with E-state index in [1.54, 1.807) is 0 Å². The summed E-state index contributed by atoms with van der Waals surface area (Å²) in [5.74, 6) is -0.994. The summed E-state index contributed by atoms with van der Waals surface area (Å²) in [5.41, 5.74) is -0.115. The molecule has 0 amide bonds. The number of ketones is 1. The second-order valence-corrected chi connectivity index (χ2v) is 6.84. The lowest BCUT2D eigenvalue weighted by Gasteiger charge is -2.23. The fraction of sp³-hybridized carbons (Fsp3) is 0.800. The third kappa shape index (κ3) is 7.50. The Labute approximate surface area is 146 Å². The molecule has 1 heterocycles. The number of rotatable bonds is 12. The molecule has 1 aliphatic rings. The topological polar surface area (TPSA) is 63.6 Å². The Kier molecular flexibility index (Phi) is 10.4. The van der Waals surface area contributed by atoms with E-state index in [-0.39, 0.29) is 29.6 Å². The first kappa shape index (κ1) is 20.7. The zero-order valence-electron chi connectivity index (χ0n) is 15.4. The van der Waals surface area contributed by atoms with Crippen molar-refractivity contribution >= 4 is 11.8 Å². The summed E-state index contributed by atoms with van der Waals surface area (Å²) in [7, 11) is 0.